The van der Waals surface area contributed by atoms with E-state index in [-0.39, 0.29) is 6.09 Å². The highest BCUT2D eigenvalue weighted by molar-refractivity contribution is 5.69. The van der Waals surface area contributed by atoms with Crippen LogP contribution in [0.25, 0.3) is 0 Å². The van der Waals surface area contributed by atoms with Crippen LogP contribution in [0.3, 0.4) is 0 Å². The van der Waals surface area contributed by atoms with Crippen LogP contribution < -0.4 is 5.32 Å². The third-order valence-corrected chi connectivity index (χ3v) is 2.03. The largest absolute Gasteiger partial charge is 0.443 e. The molecule has 6 nitrogen and oxygen atoms in total. The molecule has 0 spiro atoms. The Morgan fingerprint density at radius 1 is 1.42 bits per heavy atom. The quantitative estimate of drug-likeness (QED) is 0.905. The summed E-state index contributed by atoms with van der Waals surface area (Å²) in [6, 6.07) is 0. The fourth-order valence-corrected chi connectivity index (χ4v) is 1.21. The molecule has 1 rings (SSSR count). The fraction of sp³-hybridized carbons (Fsp3) is 0.462. The van der Waals surface area contributed by atoms with Crippen LogP contribution in [0.15, 0.2) is 31.1 Å². The van der Waals surface area contributed by atoms with Gasteiger partial charge in [-0.1, -0.05) is 0 Å². The second kappa shape index (κ2) is 6.72. The number of hydrogen-bond donors (Lipinski definition) is 1. The monoisotopic (exact) mass is 264 g/mol. The molecule has 0 atom stereocenters. The number of rotatable bonds is 4. The van der Waals surface area contributed by atoms with Gasteiger partial charge in [-0.25, -0.2) is 14.8 Å². The van der Waals surface area contributed by atoms with E-state index in [1.807, 2.05) is 27.7 Å². The van der Waals surface area contributed by atoms with Crippen LogP contribution in [0.5, 0.6) is 0 Å². The summed E-state index contributed by atoms with van der Waals surface area (Å²) in [5.41, 5.74) is 0.248. The Hall–Kier alpha value is -2.11. The standard InChI is InChI=1S/C13H20N4O2/c1-5-17(12(18)19-13(2,3)4)7-6-16-11-8-14-10-15-9-11/h6-10,16H,5H2,1-4H3/b7-6+. The van der Waals surface area contributed by atoms with Crippen LogP contribution in [0.1, 0.15) is 27.7 Å². The molecule has 1 aromatic heterocycles. The lowest BCUT2D eigenvalue weighted by molar-refractivity contribution is 0.0343. The number of nitrogens with zero attached hydrogens (tertiary/aromatic N) is 3. The molecular formula is C13H20N4O2. The summed E-state index contributed by atoms with van der Waals surface area (Å²) in [7, 11) is 0. The van der Waals surface area contributed by atoms with Crippen molar-refractivity contribution in [1.82, 2.24) is 14.9 Å². The zero-order valence-corrected chi connectivity index (χ0v) is 11.8. The third-order valence-electron chi connectivity index (χ3n) is 2.03. The zero-order valence-electron chi connectivity index (χ0n) is 11.8. The van der Waals surface area contributed by atoms with Crippen molar-refractivity contribution >= 4 is 11.8 Å². The topological polar surface area (TPSA) is 67.3 Å². The van der Waals surface area contributed by atoms with Crippen molar-refractivity contribution in [3.8, 4) is 0 Å². The minimum atomic E-state index is -0.501. The minimum absolute atomic E-state index is 0.377. The van der Waals surface area contributed by atoms with Crippen LogP contribution in [0, 0.1) is 0 Å². The van der Waals surface area contributed by atoms with Crippen LogP contribution in [-0.4, -0.2) is 33.1 Å². The summed E-state index contributed by atoms with van der Waals surface area (Å²) in [5.74, 6) is 0. The van der Waals surface area contributed by atoms with E-state index < -0.39 is 5.60 Å². The van der Waals surface area contributed by atoms with Gasteiger partial charge in [-0.2, -0.15) is 0 Å². The number of anilines is 1. The van der Waals surface area contributed by atoms with Crippen molar-refractivity contribution in [3.05, 3.63) is 31.1 Å². The van der Waals surface area contributed by atoms with Gasteiger partial charge in [0.15, 0.2) is 0 Å². The van der Waals surface area contributed by atoms with E-state index in [0.717, 1.165) is 5.69 Å². The van der Waals surface area contributed by atoms with E-state index in [9.17, 15) is 4.79 Å². The lowest BCUT2D eigenvalue weighted by Crippen LogP contribution is -2.33. The number of amides is 1. The minimum Gasteiger partial charge on any atom is -0.443 e. The highest BCUT2D eigenvalue weighted by Crippen LogP contribution is 2.10. The summed E-state index contributed by atoms with van der Waals surface area (Å²) in [6.07, 6.45) is 7.63. The van der Waals surface area contributed by atoms with Crippen molar-refractivity contribution in [1.29, 1.82) is 0 Å². The van der Waals surface area contributed by atoms with Crippen molar-refractivity contribution in [2.45, 2.75) is 33.3 Å². The first-order chi connectivity index (χ1) is 8.92. The number of carbonyl (C=O) groups is 1. The molecule has 1 aromatic rings. The Morgan fingerprint density at radius 2 is 2.05 bits per heavy atom. The lowest BCUT2D eigenvalue weighted by atomic mass is 10.2. The van der Waals surface area contributed by atoms with Crippen molar-refractivity contribution < 1.29 is 9.53 Å². The Kier molecular flexibility index (Phi) is 5.29. The van der Waals surface area contributed by atoms with Gasteiger partial charge in [0.1, 0.15) is 11.9 Å². The van der Waals surface area contributed by atoms with Gasteiger partial charge >= 0.3 is 6.09 Å². The van der Waals surface area contributed by atoms with Gasteiger partial charge in [0.25, 0.3) is 0 Å². The van der Waals surface area contributed by atoms with Crippen LogP contribution in [0.4, 0.5) is 10.5 Å². The second-order valence-electron chi connectivity index (χ2n) is 4.85. The van der Waals surface area contributed by atoms with E-state index in [2.05, 4.69) is 15.3 Å². The molecule has 6 heteroatoms. The highest BCUT2D eigenvalue weighted by Gasteiger charge is 2.19. The normalized spacial score (nSPS) is 11.4. The molecule has 0 saturated carbocycles. The van der Waals surface area contributed by atoms with Gasteiger partial charge in [-0.3, -0.25) is 4.90 Å². The molecule has 0 aliphatic carbocycles. The van der Waals surface area contributed by atoms with Gasteiger partial charge in [-0.05, 0) is 27.7 Å². The van der Waals surface area contributed by atoms with E-state index in [4.69, 9.17) is 4.74 Å². The van der Waals surface area contributed by atoms with E-state index in [1.54, 1.807) is 24.8 Å². The Labute approximate surface area is 113 Å². The SMILES string of the molecule is CCN(/C=C/Nc1cncnc1)C(=O)OC(C)(C)C. The molecule has 0 bridgehead atoms. The average molecular weight is 264 g/mol. The van der Waals surface area contributed by atoms with Gasteiger partial charge in [-0.15, -0.1) is 0 Å². The summed E-state index contributed by atoms with van der Waals surface area (Å²) in [4.78, 5) is 21.1. The molecule has 104 valence electrons. The predicted octanol–water partition coefficient (Wildman–Crippen LogP) is 2.62. The smallest absolute Gasteiger partial charge is 0.414 e. The van der Waals surface area contributed by atoms with Gasteiger partial charge in [0.2, 0.25) is 0 Å². The Bertz CT molecular complexity index is 426. The lowest BCUT2D eigenvalue weighted by Gasteiger charge is -2.24. The van der Waals surface area contributed by atoms with Crippen LogP contribution in [0.2, 0.25) is 0 Å². The number of nitrogens with one attached hydrogen (secondary N) is 1. The average Bonchev–Trinajstić information content (AvgIpc) is 2.33. The maximum Gasteiger partial charge on any atom is 0.414 e. The van der Waals surface area contributed by atoms with Gasteiger partial charge in [0, 0.05) is 18.9 Å². The fourth-order valence-electron chi connectivity index (χ4n) is 1.21. The van der Waals surface area contributed by atoms with Crippen LogP contribution >= 0.6 is 0 Å². The molecule has 0 unspecified atom stereocenters. The molecule has 0 aliphatic rings. The zero-order chi connectivity index (χ0) is 14.3. The van der Waals surface area contributed by atoms with Gasteiger partial charge < -0.3 is 10.1 Å². The number of carbonyl (C=O) groups excluding carboxylic acids is 1. The van der Waals surface area contributed by atoms with Crippen molar-refractivity contribution in [3.63, 3.8) is 0 Å². The molecule has 0 aromatic carbocycles. The van der Waals surface area contributed by atoms with E-state index in [1.165, 1.54) is 11.2 Å². The number of aromatic nitrogens is 2. The Morgan fingerprint density at radius 3 is 2.58 bits per heavy atom. The first-order valence-electron chi connectivity index (χ1n) is 6.10. The van der Waals surface area contributed by atoms with Crippen molar-refractivity contribution in [2.24, 2.45) is 0 Å². The summed E-state index contributed by atoms with van der Waals surface area (Å²) in [6.45, 7) is 7.91. The molecule has 0 aliphatic heterocycles. The molecule has 0 fully saturated rings. The first-order valence-corrected chi connectivity index (χ1v) is 6.10. The van der Waals surface area contributed by atoms with Crippen LogP contribution in [-0.2, 0) is 4.74 Å². The molecule has 1 heterocycles. The maximum atomic E-state index is 11.8. The van der Waals surface area contributed by atoms with Crippen molar-refractivity contribution in [2.75, 3.05) is 11.9 Å². The number of ether oxygens (including phenoxy) is 1. The molecule has 0 radical (unpaired) electrons. The Balaban J connectivity index is 2.54. The second-order valence-corrected chi connectivity index (χ2v) is 4.85. The molecule has 0 saturated heterocycles. The number of hydrogen-bond acceptors (Lipinski definition) is 5. The third kappa shape index (κ3) is 5.85. The van der Waals surface area contributed by atoms with Gasteiger partial charge in [0.05, 0.1) is 18.1 Å². The molecule has 1 N–H and O–H groups in total. The van der Waals surface area contributed by atoms with E-state index >= 15 is 0 Å². The molecule has 19 heavy (non-hydrogen) atoms. The maximum absolute atomic E-state index is 11.8. The van der Waals surface area contributed by atoms with E-state index in [0.29, 0.717) is 6.54 Å². The molecule has 1 amide bonds. The summed E-state index contributed by atoms with van der Waals surface area (Å²) < 4.78 is 5.28. The summed E-state index contributed by atoms with van der Waals surface area (Å²) in [5, 5.41) is 2.97. The summed E-state index contributed by atoms with van der Waals surface area (Å²) >= 11 is 0. The predicted molar refractivity (Wildman–Crippen MR) is 73.4 cm³/mol. The first kappa shape index (κ1) is 14.9. The molecular weight excluding hydrogens is 244 g/mol. The highest BCUT2D eigenvalue weighted by atomic mass is 16.6.